The molecule has 0 radical (unpaired) electrons. The Morgan fingerprint density at radius 1 is 1.29 bits per heavy atom. The Morgan fingerprint density at radius 3 is 2.80 bits per heavy atom. The lowest BCUT2D eigenvalue weighted by Gasteiger charge is -2.34. The first-order valence-electron chi connectivity index (χ1n) is 11.8. The second-order valence-electron chi connectivity index (χ2n) is 8.91. The smallest absolute Gasteiger partial charge is 0.414 e. The second kappa shape index (κ2) is 10.3. The fourth-order valence-corrected chi connectivity index (χ4v) is 4.60. The van der Waals surface area contributed by atoms with Gasteiger partial charge in [0.1, 0.15) is 12.4 Å². The molecule has 1 aliphatic heterocycles. The molecule has 2 aromatic heterocycles. The molecule has 186 valence electrons. The summed E-state index contributed by atoms with van der Waals surface area (Å²) in [5, 5.41) is 12.1. The number of nitrogens with zero attached hydrogens (tertiary/aromatic N) is 4. The Balaban J connectivity index is 1.77. The van der Waals surface area contributed by atoms with Crippen LogP contribution in [0.25, 0.3) is 11.0 Å². The number of hydrogen-bond acceptors (Lipinski definition) is 6. The molecule has 1 aromatic carbocycles. The van der Waals surface area contributed by atoms with Crippen LogP contribution in [0.5, 0.6) is 0 Å². The van der Waals surface area contributed by atoms with Crippen LogP contribution in [0, 0.1) is 0 Å². The standard InChI is InChI=1S/C25H31N5O5/c1-16(15-31)26-22(32)14-29-20-10-9-19-18(8-7-17(2)30(19)25(34)35-3)24(20)27-21(29)11-13-28-12-5-4-6-23(28)33/h4-6,9-10,12,16-17,31H,7-8,11,13-15H2,1-3H3,(H,26,32)/t16-,17+/m1/s1. The number of hydrogen-bond donors (Lipinski definition) is 2. The summed E-state index contributed by atoms with van der Waals surface area (Å²) in [4.78, 5) is 43.9. The van der Waals surface area contributed by atoms with Crippen LogP contribution in [0.4, 0.5) is 10.5 Å². The molecule has 0 saturated heterocycles. The van der Waals surface area contributed by atoms with Crippen LogP contribution < -0.4 is 15.8 Å². The van der Waals surface area contributed by atoms with Crippen molar-refractivity contribution in [2.75, 3.05) is 18.6 Å². The molecular formula is C25H31N5O5. The minimum Gasteiger partial charge on any atom is -0.452 e. The summed E-state index contributed by atoms with van der Waals surface area (Å²) in [6.45, 7) is 3.99. The second-order valence-corrected chi connectivity index (χ2v) is 8.91. The van der Waals surface area contributed by atoms with E-state index in [4.69, 9.17) is 9.72 Å². The summed E-state index contributed by atoms with van der Waals surface area (Å²) >= 11 is 0. The Labute approximate surface area is 203 Å². The fourth-order valence-electron chi connectivity index (χ4n) is 4.60. The number of anilines is 1. The fraction of sp³-hybridized carbons (Fsp3) is 0.440. The molecule has 1 aliphatic rings. The summed E-state index contributed by atoms with van der Waals surface area (Å²) in [5.74, 6) is 0.422. The molecule has 3 heterocycles. The average molecular weight is 482 g/mol. The van der Waals surface area contributed by atoms with Crippen molar-refractivity contribution < 1.29 is 19.4 Å². The molecule has 4 rings (SSSR count). The summed E-state index contributed by atoms with van der Waals surface area (Å²) in [6.07, 6.45) is 3.25. The number of aliphatic hydroxyl groups is 1. The number of fused-ring (bicyclic) bond motifs is 3. The zero-order valence-corrected chi connectivity index (χ0v) is 20.2. The molecule has 10 heteroatoms. The van der Waals surface area contributed by atoms with Crippen LogP contribution in [0.3, 0.4) is 0 Å². The Morgan fingerprint density at radius 2 is 2.09 bits per heavy atom. The van der Waals surface area contributed by atoms with Crippen LogP contribution in [0.2, 0.25) is 0 Å². The molecule has 0 unspecified atom stereocenters. The van der Waals surface area contributed by atoms with Gasteiger partial charge in [-0.1, -0.05) is 6.07 Å². The number of nitrogens with one attached hydrogen (secondary N) is 1. The van der Waals surface area contributed by atoms with Crippen molar-refractivity contribution >= 4 is 28.7 Å². The van der Waals surface area contributed by atoms with E-state index in [1.165, 1.54) is 13.2 Å². The van der Waals surface area contributed by atoms with Gasteiger partial charge in [-0.25, -0.2) is 9.78 Å². The number of rotatable bonds is 7. The maximum absolute atomic E-state index is 12.7. The first-order valence-corrected chi connectivity index (χ1v) is 11.8. The van der Waals surface area contributed by atoms with Gasteiger partial charge in [-0.3, -0.25) is 14.5 Å². The topological polar surface area (TPSA) is 119 Å². The van der Waals surface area contributed by atoms with Gasteiger partial charge >= 0.3 is 6.09 Å². The zero-order valence-electron chi connectivity index (χ0n) is 20.2. The van der Waals surface area contributed by atoms with Crippen LogP contribution in [0.15, 0.2) is 41.3 Å². The zero-order chi connectivity index (χ0) is 25.1. The molecule has 0 fully saturated rings. The van der Waals surface area contributed by atoms with Crippen molar-refractivity contribution in [3.8, 4) is 0 Å². The number of carbonyl (C=O) groups is 2. The molecule has 0 saturated carbocycles. The first-order chi connectivity index (χ1) is 16.8. The lowest BCUT2D eigenvalue weighted by molar-refractivity contribution is -0.122. The van der Waals surface area contributed by atoms with Crippen molar-refractivity contribution in [3.63, 3.8) is 0 Å². The highest BCUT2D eigenvalue weighted by Crippen LogP contribution is 2.36. The maximum atomic E-state index is 12.7. The van der Waals surface area contributed by atoms with Crippen LogP contribution >= 0.6 is 0 Å². The number of carbonyl (C=O) groups excluding carboxylic acids is 2. The number of methoxy groups -OCH3 is 1. The van der Waals surface area contributed by atoms with E-state index in [0.29, 0.717) is 18.8 Å². The van der Waals surface area contributed by atoms with E-state index in [2.05, 4.69) is 5.32 Å². The van der Waals surface area contributed by atoms with Crippen LogP contribution in [-0.2, 0) is 35.5 Å². The molecule has 3 aromatic rings. The average Bonchev–Trinajstić information content (AvgIpc) is 3.20. The van der Waals surface area contributed by atoms with Gasteiger partial charge in [0.15, 0.2) is 0 Å². The Kier molecular flexibility index (Phi) is 7.20. The lowest BCUT2D eigenvalue weighted by atomic mass is 9.96. The molecule has 0 spiro atoms. The van der Waals surface area contributed by atoms with Gasteiger partial charge in [0.25, 0.3) is 5.56 Å². The molecule has 35 heavy (non-hydrogen) atoms. The third kappa shape index (κ3) is 4.93. The summed E-state index contributed by atoms with van der Waals surface area (Å²) < 4.78 is 8.47. The van der Waals surface area contributed by atoms with Gasteiger partial charge in [-0.05, 0) is 44.9 Å². The highest BCUT2D eigenvalue weighted by molar-refractivity contribution is 5.95. The molecule has 2 N–H and O–H groups in total. The van der Waals surface area contributed by atoms with Crippen LogP contribution in [-0.4, -0.2) is 57.0 Å². The normalized spacial score (nSPS) is 16.1. The largest absolute Gasteiger partial charge is 0.452 e. The van der Waals surface area contributed by atoms with Gasteiger partial charge in [0, 0.05) is 42.9 Å². The van der Waals surface area contributed by atoms with Crippen molar-refractivity contribution in [3.05, 3.63) is 58.3 Å². The van der Waals surface area contributed by atoms with Crippen molar-refractivity contribution in [2.45, 2.75) is 58.3 Å². The van der Waals surface area contributed by atoms with E-state index < -0.39 is 6.09 Å². The monoisotopic (exact) mass is 481 g/mol. The van der Waals surface area contributed by atoms with Gasteiger partial charge in [0.2, 0.25) is 5.91 Å². The minimum absolute atomic E-state index is 0.00957. The van der Waals surface area contributed by atoms with Crippen molar-refractivity contribution in [1.29, 1.82) is 0 Å². The minimum atomic E-state index is -0.418. The van der Waals surface area contributed by atoms with Gasteiger partial charge in [0.05, 0.1) is 30.4 Å². The molecule has 10 nitrogen and oxygen atoms in total. The third-order valence-electron chi connectivity index (χ3n) is 6.42. The number of imidazole rings is 1. The van der Waals surface area contributed by atoms with Crippen molar-refractivity contribution in [1.82, 2.24) is 19.4 Å². The Hall–Kier alpha value is -3.66. The SMILES string of the molecule is COC(=O)N1c2ccc3c(nc(CCn4ccccc4=O)n3CC(=O)N[C@H](C)CO)c2CC[C@@H]1C. The number of aryl methyl sites for hydroxylation is 3. The number of pyridine rings is 1. The number of ether oxygens (including phenoxy) is 1. The third-order valence-corrected chi connectivity index (χ3v) is 6.42. The number of benzene rings is 1. The molecule has 0 bridgehead atoms. The predicted molar refractivity (Wildman–Crippen MR) is 131 cm³/mol. The summed E-state index contributed by atoms with van der Waals surface area (Å²) in [5.41, 5.74) is 3.11. The highest BCUT2D eigenvalue weighted by Gasteiger charge is 2.31. The van der Waals surface area contributed by atoms with E-state index in [0.717, 1.165) is 35.1 Å². The molecule has 2 amide bonds. The maximum Gasteiger partial charge on any atom is 0.414 e. The molecule has 0 aliphatic carbocycles. The van der Waals surface area contributed by atoms with E-state index in [-0.39, 0.29) is 36.7 Å². The number of amides is 2. The van der Waals surface area contributed by atoms with Crippen LogP contribution in [0.1, 0.15) is 31.7 Å². The van der Waals surface area contributed by atoms with E-state index in [1.54, 1.807) is 34.7 Å². The van der Waals surface area contributed by atoms with Gasteiger partial charge in [-0.15, -0.1) is 0 Å². The lowest BCUT2D eigenvalue weighted by Crippen LogP contribution is -2.42. The number of aromatic nitrogens is 3. The van der Waals surface area contributed by atoms with Gasteiger partial charge < -0.3 is 24.3 Å². The van der Waals surface area contributed by atoms with E-state index in [9.17, 15) is 19.5 Å². The van der Waals surface area contributed by atoms with E-state index >= 15 is 0 Å². The summed E-state index contributed by atoms with van der Waals surface area (Å²) in [7, 11) is 1.37. The van der Waals surface area contributed by atoms with Gasteiger partial charge in [-0.2, -0.15) is 0 Å². The first kappa shape index (κ1) is 24.5. The Bertz CT molecular complexity index is 1300. The summed E-state index contributed by atoms with van der Waals surface area (Å²) in [6, 6.07) is 8.37. The number of aliphatic hydroxyl groups excluding tert-OH is 1. The highest BCUT2D eigenvalue weighted by atomic mass is 16.5. The van der Waals surface area contributed by atoms with E-state index in [1.807, 2.05) is 23.6 Å². The van der Waals surface area contributed by atoms with Crippen molar-refractivity contribution in [2.24, 2.45) is 0 Å². The quantitative estimate of drug-likeness (QED) is 0.532. The molecular weight excluding hydrogens is 450 g/mol. The molecule has 2 atom stereocenters. The predicted octanol–water partition coefficient (Wildman–Crippen LogP) is 1.85.